The Balaban J connectivity index is 1.93. The molecule has 2 aromatic carbocycles. The number of sulfonamides is 1. The largest absolute Gasteiger partial charge is 0.497 e. The summed E-state index contributed by atoms with van der Waals surface area (Å²) in [5.74, 6) is -1.12. The summed E-state index contributed by atoms with van der Waals surface area (Å²) in [5.41, 5.74) is 0.235. The highest BCUT2D eigenvalue weighted by molar-refractivity contribution is 7.89. The SMILES string of the molecule is COc1cccc(NC(=O)COC(=O)CNS(=O)(=O)c2ccc(N(C)C)c([N+](=O)[O-])c2)c1. The third-order valence-corrected chi connectivity index (χ3v) is 5.46. The molecule has 172 valence electrons. The number of nitrogens with zero attached hydrogens (tertiary/aromatic N) is 2. The van der Waals surface area contributed by atoms with Crippen molar-refractivity contribution in [2.24, 2.45) is 0 Å². The minimum absolute atomic E-state index is 0.218. The standard InChI is InChI=1S/C19H22N4O8S/c1-22(2)16-8-7-15(10-17(16)23(26)27)32(28,29)20-11-19(25)31-12-18(24)21-13-5-4-6-14(9-13)30-3/h4-10,20H,11-12H2,1-3H3,(H,21,24). The topological polar surface area (TPSA) is 157 Å². The third kappa shape index (κ3) is 6.65. The fourth-order valence-electron chi connectivity index (χ4n) is 2.53. The van der Waals surface area contributed by atoms with Gasteiger partial charge in [-0.1, -0.05) is 6.07 Å². The van der Waals surface area contributed by atoms with Crippen LogP contribution in [0.3, 0.4) is 0 Å². The van der Waals surface area contributed by atoms with Crippen molar-refractivity contribution in [3.8, 4) is 5.75 Å². The van der Waals surface area contributed by atoms with Crippen molar-refractivity contribution in [3.63, 3.8) is 0 Å². The van der Waals surface area contributed by atoms with Gasteiger partial charge in [0.05, 0.1) is 16.9 Å². The lowest BCUT2D eigenvalue weighted by molar-refractivity contribution is -0.384. The zero-order valence-corrected chi connectivity index (χ0v) is 18.3. The van der Waals surface area contributed by atoms with Gasteiger partial charge in [-0.05, 0) is 24.3 Å². The molecule has 2 rings (SSSR count). The van der Waals surface area contributed by atoms with Crippen molar-refractivity contribution in [1.29, 1.82) is 0 Å². The minimum Gasteiger partial charge on any atom is -0.497 e. The Bertz CT molecular complexity index is 1120. The number of hydrogen-bond donors (Lipinski definition) is 2. The lowest BCUT2D eigenvalue weighted by atomic mass is 10.2. The molecule has 13 heteroatoms. The highest BCUT2D eigenvalue weighted by Crippen LogP contribution is 2.29. The number of esters is 1. The van der Waals surface area contributed by atoms with Crippen LogP contribution in [0, 0.1) is 10.1 Å². The Morgan fingerprint density at radius 1 is 1.16 bits per heavy atom. The number of nitro groups is 1. The lowest BCUT2D eigenvalue weighted by Crippen LogP contribution is -2.32. The third-order valence-electron chi connectivity index (χ3n) is 4.06. The molecule has 2 N–H and O–H groups in total. The van der Waals surface area contributed by atoms with Crippen LogP contribution >= 0.6 is 0 Å². The van der Waals surface area contributed by atoms with Gasteiger partial charge < -0.3 is 19.7 Å². The molecule has 1 amide bonds. The molecule has 32 heavy (non-hydrogen) atoms. The fraction of sp³-hybridized carbons (Fsp3) is 0.263. The number of carbonyl (C=O) groups is 2. The van der Waals surface area contributed by atoms with Gasteiger partial charge in [-0.15, -0.1) is 0 Å². The van der Waals surface area contributed by atoms with E-state index in [2.05, 4.69) is 5.32 Å². The molecule has 12 nitrogen and oxygen atoms in total. The predicted molar refractivity (Wildman–Crippen MR) is 115 cm³/mol. The van der Waals surface area contributed by atoms with Crippen LogP contribution in [-0.2, 0) is 24.3 Å². The molecule has 0 saturated carbocycles. The quantitative estimate of drug-likeness (QED) is 0.297. The van der Waals surface area contributed by atoms with Gasteiger partial charge in [0.2, 0.25) is 10.0 Å². The number of carbonyl (C=O) groups excluding carboxylic acids is 2. The Morgan fingerprint density at radius 2 is 1.88 bits per heavy atom. The second kappa shape index (κ2) is 10.5. The van der Waals surface area contributed by atoms with E-state index in [1.54, 1.807) is 38.4 Å². The average Bonchev–Trinajstić information content (AvgIpc) is 2.75. The van der Waals surface area contributed by atoms with Gasteiger partial charge in [0.25, 0.3) is 11.6 Å². The van der Waals surface area contributed by atoms with Gasteiger partial charge >= 0.3 is 5.97 Å². The Hall–Kier alpha value is -3.71. The highest BCUT2D eigenvalue weighted by atomic mass is 32.2. The number of methoxy groups -OCH3 is 1. The minimum atomic E-state index is -4.24. The highest BCUT2D eigenvalue weighted by Gasteiger charge is 2.23. The monoisotopic (exact) mass is 466 g/mol. The Labute approximate surface area is 184 Å². The van der Waals surface area contributed by atoms with Crippen molar-refractivity contribution in [3.05, 3.63) is 52.6 Å². The number of anilines is 2. The maximum atomic E-state index is 12.4. The van der Waals surface area contributed by atoms with Gasteiger partial charge in [0, 0.05) is 31.9 Å². The summed E-state index contributed by atoms with van der Waals surface area (Å²) in [5, 5.41) is 13.7. The molecule has 0 fully saturated rings. The average molecular weight is 466 g/mol. The van der Waals surface area contributed by atoms with Crippen LogP contribution in [0.2, 0.25) is 0 Å². The summed E-state index contributed by atoms with van der Waals surface area (Å²) in [7, 11) is 0.391. The summed E-state index contributed by atoms with van der Waals surface area (Å²) in [6.07, 6.45) is 0. The molecule has 0 heterocycles. The summed E-state index contributed by atoms with van der Waals surface area (Å²) < 4.78 is 36.5. The van der Waals surface area contributed by atoms with Crippen molar-refractivity contribution in [1.82, 2.24) is 4.72 Å². The van der Waals surface area contributed by atoms with Gasteiger partial charge in [-0.2, -0.15) is 4.72 Å². The van der Waals surface area contributed by atoms with Crippen LogP contribution in [0.15, 0.2) is 47.4 Å². The normalized spacial score (nSPS) is 10.8. The molecule has 0 bridgehead atoms. The predicted octanol–water partition coefficient (Wildman–Crippen LogP) is 1.13. The molecule has 0 unspecified atom stereocenters. The maximum absolute atomic E-state index is 12.4. The molecule has 0 saturated heterocycles. The molecule has 2 aromatic rings. The van der Waals surface area contributed by atoms with E-state index in [4.69, 9.17) is 9.47 Å². The van der Waals surface area contributed by atoms with Crippen LogP contribution in [0.1, 0.15) is 0 Å². The fourth-order valence-corrected chi connectivity index (χ4v) is 3.52. The molecule has 0 atom stereocenters. The zero-order chi connectivity index (χ0) is 23.9. The Kier molecular flexibility index (Phi) is 8.09. The van der Waals surface area contributed by atoms with Gasteiger partial charge in [0.1, 0.15) is 18.0 Å². The van der Waals surface area contributed by atoms with Crippen molar-refractivity contribution < 1.29 is 32.4 Å². The van der Waals surface area contributed by atoms with E-state index >= 15 is 0 Å². The number of hydrogen-bond acceptors (Lipinski definition) is 9. The molecule has 0 aliphatic heterocycles. The smallest absolute Gasteiger partial charge is 0.321 e. The van der Waals surface area contributed by atoms with Gasteiger partial charge in [-0.25, -0.2) is 8.42 Å². The molecule has 0 radical (unpaired) electrons. The summed E-state index contributed by atoms with van der Waals surface area (Å²) >= 11 is 0. The first kappa shape index (κ1) is 24.6. The summed E-state index contributed by atoms with van der Waals surface area (Å²) in [6, 6.07) is 9.87. The number of nitro benzene ring substituents is 1. The van der Waals surface area contributed by atoms with Crippen LogP contribution < -0.4 is 19.7 Å². The Morgan fingerprint density at radius 3 is 2.50 bits per heavy atom. The zero-order valence-electron chi connectivity index (χ0n) is 17.5. The van der Waals surface area contributed by atoms with Crippen molar-refractivity contribution in [2.75, 3.05) is 44.6 Å². The number of ether oxygens (including phenoxy) is 2. The van der Waals surface area contributed by atoms with E-state index in [9.17, 15) is 28.1 Å². The van der Waals surface area contributed by atoms with Crippen LogP contribution in [0.4, 0.5) is 17.1 Å². The van der Waals surface area contributed by atoms with Gasteiger partial charge in [-0.3, -0.25) is 19.7 Å². The molecular formula is C19H22N4O8S. The summed E-state index contributed by atoms with van der Waals surface area (Å²) in [4.78, 5) is 35.3. The van der Waals surface area contributed by atoms with E-state index in [0.717, 1.165) is 6.07 Å². The molecule has 0 aliphatic rings. The molecular weight excluding hydrogens is 444 g/mol. The van der Waals surface area contributed by atoms with Crippen molar-refractivity contribution >= 4 is 39.0 Å². The molecule has 0 aromatic heterocycles. The van der Waals surface area contributed by atoms with E-state index in [1.165, 1.54) is 24.1 Å². The van der Waals surface area contributed by atoms with E-state index in [-0.39, 0.29) is 5.69 Å². The van der Waals surface area contributed by atoms with Crippen LogP contribution in [-0.4, -0.2) is 59.6 Å². The van der Waals surface area contributed by atoms with E-state index in [0.29, 0.717) is 11.4 Å². The first-order valence-electron chi connectivity index (χ1n) is 9.08. The van der Waals surface area contributed by atoms with Crippen LogP contribution in [0.5, 0.6) is 5.75 Å². The first-order chi connectivity index (χ1) is 15.0. The number of amides is 1. The second-order valence-electron chi connectivity index (χ2n) is 6.57. The molecule has 0 spiro atoms. The van der Waals surface area contributed by atoms with Crippen LogP contribution in [0.25, 0.3) is 0 Å². The molecule has 0 aliphatic carbocycles. The van der Waals surface area contributed by atoms with E-state index < -0.39 is 50.6 Å². The second-order valence-corrected chi connectivity index (χ2v) is 8.33. The number of rotatable bonds is 10. The van der Waals surface area contributed by atoms with Gasteiger partial charge in [0.15, 0.2) is 6.61 Å². The number of nitrogens with one attached hydrogen (secondary N) is 2. The lowest BCUT2D eigenvalue weighted by Gasteiger charge is -2.13. The van der Waals surface area contributed by atoms with Crippen molar-refractivity contribution in [2.45, 2.75) is 4.90 Å². The van der Waals surface area contributed by atoms with E-state index in [1.807, 2.05) is 4.72 Å². The number of benzene rings is 2. The first-order valence-corrected chi connectivity index (χ1v) is 10.6. The maximum Gasteiger partial charge on any atom is 0.321 e. The summed E-state index contributed by atoms with van der Waals surface area (Å²) in [6.45, 7) is -1.40.